The van der Waals surface area contributed by atoms with Gasteiger partial charge in [0.25, 0.3) is 0 Å². The molecular formula is C30H54O3. The van der Waals surface area contributed by atoms with E-state index < -0.39 is 0 Å². The summed E-state index contributed by atoms with van der Waals surface area (Å²) >= 11 is 0. The molecule has 0 amide bonds. The molecule has 33 heavy (non-hydrogen) atoms. The molecule has 3 nitrogen and oxygen atoms in total. The van der Waals surface area contributed by atoms with Gasteiger partial charge in [0.05, 0.1) is 12.2 Å². The highest BCUT2D eigenvalue weighted by molar-refractivity contribution is 5.86. The van der Waals surface area contributed by atoms with Crippen LogP contribution in [0.15, 0.2) is 12.2 Å². The molecule has 192 valence electrons. The van der Waals surface area contributed by atoms with Gasteiger partial charge in [0.1, 0.15) is 0 Å². The number of ether oxygens (including phenoxy) is 2. The summed E-state index contributed by atoms with van der Waals surface area (Å²) < 4.78 is 12.0. The predicted octanol–water partition coefficient (Wildman–Crippen LogP) is 8.94. The van der Waals surface area contributed by atoms with Crippen molar-refractivity contribution in [1.29, 1.82) is 0 Å². The van der Waals surface area contributed by atoms with Crippen LogP contribution in [0.5, 0.6) is 0 Å². The zero-order valence-corrected chi connectivity index (χ0v) is 22.1. The fourth-order valence-electron chi connectivity index (χ4n) is 6.02. The van der Waals surface area contributed by atoms with Gasteiger partial charge < -0.3 is 9.47 Å². The van der Waals surface area contributed by atoms with E-state index in [1.54, 1.807) is 6.92 Å². The molecule has 0 heterocycles. The van der Waals surface area contributed by atoms with Gasteiger partial charge >= 0.3 is 5.97 Å². The highest BCUT2D eigenvalue weighted by Gasteiger charge is 2.53. The molecule has 3 heteroatoms. The summed E-state index contributed by atoms with van der Waals surface area (Å²) in [6, 6.07) is 0. The second-order valence-electron chi connectivity index (χ2n) is 11.1. The zero-order valence-electron chi connectivity index (χ0n) is 22.1. The fourth-order valence-corrected chi connectivity index (χ4v) is 6.02. The Kier molecular flexibility index (Phi) is 14.4. The number of fused-ring (bicyclic) bond motifs is 2. The molecule has 2 aliphatic carbocycles. The maximum atomic E-state index is 11.8. The van der Waals surface area contributed by atoms with Crippen LogP contribution in [0.2, 0.25) is 0 Å². The summed E-state index contributed by atoms with van der Waals surface area (Å²) in [7, 11) is 0. The lowest BCUT2D eigenvalue weighted by molar-refractivity contribution is -0.146. The Morgan fingerprint density at radius 2 is 1.36 bits per heavy atom. The summed E-state index contributed by atoms with van der Waals surface area (Å²) in [5.74, 6) is 0.885. The van der Waals surface area contributed by atoms with E-state index in [0.717, 1.165) is 25.4 Å². The largest absolute Gasteiger partial charge is 0.462 e. The van der Waals surface area contributed by atoms with Crippen LogP contribution in [-0.2, 0) is 14.3 Å². The summed E-state index contributed by atoms with van der Waals surface area (Å²) in [5, 5.41) is 0. The van der Waals surface area contributed by atoms with Gasteiger partial charge in [0.15, 0.2) is 0 Å². The van der Waals surface area contributed by atoms with Crippen LogP contribution in [0.1, 0.15) is 142 Å². The van der Waals surface area contributed by atoms with E-state index >= 15 is 0 Å². The highest BCUT2D eigenvalue weighted by Crippen LogP contribution is 2.53. The standard InChI is InChI=1S/C30H54O3/c1-4-5-6-7-8-9-10-11-12-13-14-15-16-17-18-19-22-33-30-21-20-27(24-30)23-28(30)25-32-29(31)26(2)3/h27-28H,2,4-25H2,1,3H3. The van der Waals surface area contributed by atoms with E-state index in [4.69, 9.17) is 9.47 Å². The van der Waals surface area contributed by atoms with Crippen LogP contribution < -0.4 is 0 Å². The van der Waals surface area contributed by atoms with Crippen molar-refractivity contribution < 1.29 is 14.3 Å². The second kappa shape index (κ2) is 16.7. The van der Waals surface area contributed by atoms with Crippen LogP contribution in [0.4, 0.5) is 0 Å². The van der Waals surface area contributed by atoms with Crippen molar-refractivity contribution in [3.05, 3.63) is 12.2 Å². The minimum atomic E-state index is -0.259. The molecule has 0 aromatic carbocycles. The summed E-state index contributed by atoms with van der Waals surface area (Å²) in [5.41, 5.74) is 0.469. The number of rotatable bonds is 21. The number of hydrogen-bond acceptors (Lipinski definition) is 3. The Morgan fingerprint density at radius 1 is 0.848 bits per heavy atom. The van der Waals surface area contributed by atoms with E-state index in [2.05, 4.69) is 13.5 Å². The lowest BCUT2D eigenvalue weighted by Gasteiger charge is -2.35. The van der Waals surface area contributed by atoms with Gasteiger partial charge in [-0.05, 0) is 44.9 Å². The van der Waals surface area contributed by atoms with E-state index in [9.17, 15) is 4.79 Å². The lowest BCUT2D eigenvalue weighted by Crippen LogP contribution is -2.39. The zero-order chi connectivity index (χ0) is 23.8. The molecule has 0 aromatic heterocycles. The minimum absolute atomic E-state index is 0.0183. The molecule has 0 aromatic rings. The first-order chi connectivity index (χ1) is 16.1. The van der Waals surface area contributed by atoms with Gasteiger partial charge in [-0.2, -0.15) is 0 Å². The van der Waals surface area contributed by atoms with Crippen LogP contribution >= 0.6 is 0 Å². The number of unbranched alkanes of at least 4 members (excludes halogenated alkanes) is 15. The predicted molar refractivity (Wildman–Crippen MR) is 139 cm³/mol. The molecule has 3 unspecified atom stereocenters. The molecule has 2 aliphatic rings. The Morgan fingerprint density at radius 3 is 1.85 bits per heavy atom. The topological polar surface area (TPSA) is 35.5 Å². The first kappa shape index (κ1) is 28.4. The van der Waals surface area contributed by atoms with Gasteiger partial charge in [0, 0.05) is 18.1 Å². The molecular weight excluding hydrogens is 408 g/mol. The number of hydrogen-bond donors (Lipinski definition) is 0. The summed E-state index contributed by atoms with van der Waals surface area (Å²) in [6.07, 6.45) is 27.1. The van der Waals surface area contributed by atoms with Gasteiger partial charge in [0.2, 0.25) is 0 Å². The number of carbonyl (C=O) groups excluding carboxylic acids is 1. The average molecular weight is 463 g/mol. The Hall–Kier alpha value is -0.830. The van der Waals surface area contributed by atoms with Crippen LogP contribution in [0.3, 0.4) is 0 Å². The van der Waals surface area contributed by atoms with Crippen molar-refractivity contribution in [3.63, 3.8) is 0 Å². The molecule has 0 radical (unpaired) electrons. The molecule has 2 saturated carbocycles. The van der Waals surface area contributed by atoms with Crippen LogP contribution in [-0.4, -0.2) is 24.8 Å². The average Bonchev–Trinajstić information content (AvgIpc) is 3.37. The van der Waals surface area contributed by atoms with Gasteiger partial charge in [-0.1, -0.05) is 110 Å². The van der Waals surface area contributed by atoms with Crippen molar-refractivity contribution in [2.75, 3.05) is 13.2 Å². The van der Waals surface area contributed by atoms with E-state index in [1.165, 1.54) is 116 Å². The normalized spacial score (nSPS) is 23.8. The van der Waals surface area contributed by atoms with Gasteiger partial charge in [-0.3, -0.25) is 0 Å². The third-order valence-corrected chi connectivity index (χ3v) is 8.12. The SMILES string of the molecule is C=C(C)C(=O)OCC1CC2CCC1(OCCCCCCCCCCCCCCCCCC)C2. The molecule has 0 spiro atoms. The third kappa shape index (κ3) is 11.0. The molecule has 0 aliphatic heterocycles. The van der Waals surface area contributed by atoms with Crippen molar-refractivity contribution in [3.8, 4) is 0 Å². The maximum Gasteiger partial charge on any atom is 0.333 e. The Bertz CT molecular complexity index is 543. The maximum absolute atomic E-state index is 11.8. The Labute approximate surface area is 205 Å². The minimum Gasteiger partial charge on any atom is -0.462 e. The summed E-state index contributed by atoms with van der Waals surface area (Å²) in [4.78, 5) is 11.8. The van der Waals surface area contributed by atoms with E-state index in [-0.39, 0.29) is 11.6 Å². The second-order valence-corrected chi connectivity index (χ2v) is 11.1. The lowest BCUT2D eigenvalue weighted by atomic mass is 9.85. The molecule has 2 fully saturated rings. The fraction of sp³-hybridized carbons (Fsp3) is 0.900. The van der Waals surface area contributed by atoms with Crippen molar-refractivity contribution in [2.45, 2.75) is 148 Å². The molecule has 2 bridgehead atoms. The molecule has 0 saturated heterocycles. The quantitative estimate of drug-likeness (QED) is 0.0970. The van der Waals surface area contributed by atoms with Crippen molar-refractivity contribution in [2.24, 2.45) is 11.8 Å². The number of esters is 1. The van der Waals surface area contributed by atoms with Crippen molar-refractivity contribution in [1.82, 2.24) is 0 Å². The van der Waals surface area contributed by atoms with Crippen LogP contribution in [0, 0.1) is 11.8 Å². The molecule has 3 atom stereocenters. The first-order valence-corrected chi connectivity index (χ1v) is 14.5. The van der Waals surface area contributed by atoms with Gasteiger partial charge in [-0.15, -0.1) is 0 Å². The van der Waals surface area contributed by atoms with E-state index in [0.29, 0.717) is 18.1 Å². The monoisotopic (exact) mass is 462 g/mol. The van der Waals surface area contributed by atoms with Crippen LogP contribution in [0.25, 0.3) is 0 Å². The molecule has 2 rings (SSSR count). The highest BCUT2D eigenvalue weighted by atomic mass is 16.5. The van der Waals surface area contributed by atoms with Gasteiger partial charge in [-0.25, -0.2) is 4.79 Å². The third-order valence-electron chi connectivity index (χ3n) is 8.12. The van der Waals surface area contributed by atoms with E-state index in [1.807, 2.05) is 0 Å². The number of carbonyl (C=O) groups is 1. The Balaban J connectivity index is 1.40. The van der Waals surface area contributed by atoms with Crippen molar-refractivity contribution >= 4 is 5.97 Å². The first-order valence-electron chi connectivity index (χ1n) is 14.5. The molecule has 0 N–H and O–H groups in total. The summed E-state index contributed by atoms with van der Waals surface area (Å²) in [6.45, 7) is 9.06. The smallest absolute Gasteiger partial charge is 0.333 e.